The lowest BCUT2D eigenvalue weighted by atomic mass is 9.84. The molecule has 205 valence electrons. The number of benzene rings is 1. The van der Waals surface area contributed by atoms with Gasteiger partial charge < -0.3 is 14.3 Å². The number of carbonyl (C=O) groups is 2. The van der Waals surface area contributed by atoms with Crippen molar-refractivity contribution >= 4 is 19.6 Å². The molecule has 1 fully saturated rings. The Hall–Kier alpha value is -4.11. The van der Waals surface area contributed by atoms with Crippen LogP contribution >= 0.6 is 0 Å². The summed E-state index contributed by atoms with van der Waals surface area (Å²) < 4.78 is 46.0. The molecule has 1 aliphatic rings. The molecule has 0 unspecified atom stereocenters. The summed E-state index contributed by atoms with van der Waals surface area (Å²) in [7, 11) is 1.57. The fourth-order valence-corrected chi connectivity index (χ4v) is 4.45. The maximum absolute atomic E-state index is 13.7. The highest BCUT2D eigenvalue weighted by Gasteiger charge is 2.34. The zero-order valence-corrected chi connectivity index (χ0v) is 21.8. The number of esters is 1. The number of nitrogens with zero attached hydrogens (tertiary/aromatic N) is 5. The summed E-state index contributed by atoms with van der Waals surface area (Å²) in [5.41, 5.74) is 0.942. The normalized spacial score (nSPS) is 14.2. The number of rotatable bonds is 8. The number of carbonyl (C=O) groups excluding carboxylic acids is 2. The van der Waals surface area contributed by atoms with Gasteiger partial charge in [0.05, 0.1) is 19.2 Å². The molecular formula is C28H26BF3N5O3. The third-order valence-corrected chi connectivity index (χ3v) is 6.49. The molecule has 0 N–H and O–H groups in total. The van der Waals surface area contributed by atoms with Gasteiger partial charge in [-0.15, -0.1) is 0 Å². The second kappa shape index (κ2) is 13.3. The Morgan fingerprint density at radius 1 is 1.12 bits per heavy atom. The molecular weight excluding hydrogens is 522 g/mol. The molecule has 3 aromatic rings. The van der Waals surface area contributed by atoms with Gasteiger partial charge >= 0.3 is 12.1 Å². The first kappa shape index (κ1) is 28.9. The summed E-state index contributed by atoms with van der Waals surface area (Å²) in [6.07, 6.45) is 1.34. The van der Waals surface area contributed by atoms with Crippen molar-refractivity contribution in [1.29, 1.82) is 0 Å². The summed E-state index contributed by atoms with van der Waals surface area (Å²) in [5.74, 6) is 5.14. The number of piperidine rings is 1. The third kappa shape index (κ3) is 7.73. The van der Waals surface area contributed by atoms with Gasteiger partial charge in [0.25, 0.3) is 7.41 Å². The second-order valence-corrected chi connectivity index (χ2v) is 9.19. The number of halogens is 3. The van der Waals surface area contributed by atoms with Crippen LogP contribution in [0.4, 0.5) is 13.2 Å². The van der Waals surface area contributed by atoms with Crippen LogP contribution in [0.1, 0.15) is 65.1 Å². The van der Waals surface area contributed by atoms with Crippen molar-refractivity contribution in [3.63, 3.8) is 0 Å². The fourth-order valence-electron chi connectivity index (χ4n) is 4.45. The van der Waals surface area contributed by atoms with Gasteiger partial charge in [-0.3, -0.25) is 4.79 Å². The zero-order chi connectivity index (χ0) is 28.5. The van der Waals surface area contributed by atoms with E-state index in [1.165, 1.54) is 18.1 Å². The molecule has 1 radical (unpaired) electrons. The predicted octanol–water partition coefficient (Wildman–Crippen LogP) is 3.37. The first-order chi connectivity index (χ1) is 19.3. The molecule has 40 heavy (non-hydrogen) atoms. The molecule has 0 bridgehead atoms. The monoisotopic (exact) mass is 548 g/mol. The Labute approximate surface area is 230 Å². The van der Waals surface area contributed by atoms with E-state index in [0.717, 1.165) is 43.9 Å². The van der Waals surface area contributed by atoms with E-state index < -0.39 is 23.4 Å². The van der Waals surface area contributed by atoms with Gasteiger partial charge in [-0.05, 0) is 61.7 Å². The smallest absolute Gasteiger partial charge is 0.420 e. The van der Waals surface area contributed by atoms with E-state index in [1.807, 2.05) is 29.1 Å². The van der Waals surface area contributed by atoms with E-state index in [-0.39, 0.29) is 31.0 Å². The van der Waals surface area contributed by atoms with E-state index >= 15 is 0 Å². The standard InChI is InChI=1S/C28H26BF3N5O3/c1-2-40-27(39)14-22-15-33-18-35-24(22)7-8-25-23(28(30,31)32)16-34-26(36-25)13-19-3-5-20(6-4-19)21-9-11-37(12-10-21)29-17-38/h3-6,15-18,21H,2,9-14H2,1H3. The molecule has 0 amide bonds. The Bertz CT molecular complexity index is 1400. The quantitative estimate of drug-likeness (QED) is 0.183. The number of hydrogen-bond donors (Lipinski definition) is 0. The van der Waals surface area contributed by atoms with Crippen LogP contribution in [0.25, 0.3) is 0 Å². The van der Waals surface area contributed by atoms with Gasteiger partial charge in [0.1, 0.15) is 29.1 Å². The third-order valence-electron chi connectivity index (χ3n) is 6.49. The van der Waals surface area contributed by atoms with E-state index in [9.17, 15) is 22.8 Å². The van der Waals surface area contributed by atoms with Crippen molar-refractivity contribution in [2.24, 2.45) is 0 Å². The molecule has 8 nitrogen and oxygen atoms in total. The first-order valence-corrected chi connectivity index (χ1v) is 12.8. The van der Waals surface area contributed by atoms with Crippen molar-refractivity contribution in [2.75, 3.05) is 19.7 Å². The minimum atomic E-state index is -4.71. The summed E-state index contributed by atoms with van der Waals surface area (Å²) >= 11 is 0. The molecule has 0 saturated carbocycles. The molecule has 4 rings (SSSR count). The molecule has 1 aromatic carbocycles. The average molecular weight is 548 g/mol. The predicted molar refractivity (Wildman–Crippen MR) is 141 cm³/mol. The van der Waals surface area contributed by atoms with Crippen LogP contribution in [0, 0.1) is 11.8 Å². The average Bonchev–Trinajstić information content (AvgIpc) is 2.93. The van der Waals surface area contributed by atoms with Gasteiger partial charge in [-0.2, -0.15) is 13.2 Å². The van der Waals surface area contributed by atoms with Crippen LogP contribution in [-0.4, -0.2) is 64.0 Å². The van der Waals surface area contributed by atoms with Crippen LogP contribution in [0.2, 0.25) is 0 Å². The van der Waals surface area contributed by atoms with Crippen molar-refractivity contribution in [1.82, 2.24) is 24.7 Å². The molecule has 0 atom stereocenters. The van der Waals surface area contributed by atoms with Crippen LogP contribution < -0.4 is 0 Å². The van der Waals surface area contributed by atoms with Gasteiger partial charge in [0.15, 0.2) is 0 Å². The van der Waals surface area contributed by atoms with E-state index in [4.69, 9.17) is 4.74 Å². The maximum atomic E-state index is 13.7. The summed E-state index contributed by atoms with van der Waals surface area (Å²) in [6, 6.07) is 7.89. The first-order valence-electron chi connectivity index (χ1n) is 12.8. The number of alkyl halides is 3. The molecule has 12 heteroatoms. The van der Waals surface area contributed by atoms with Gasteiger partial charge in [0, 0.05) is 24.4 Å². The highest BCUT2D eigenvalue weighted by Crippen LogP contribution is 2.31. The second-order valence-electron chi connectivity index (χ2n) is 9.19. The fraction of sp³-hybridized carbons (Fsp3) is 0.357. The highest BCUT2D eigenvalue weighted by molar-refractivity contribution is 6.64. The number of ether oxygens (including phenoxy) is 1. The molecule has 0 spiro atoms. The lowest BCUT2D eigenvalue weighted by Crippen LogP contribution is -2.36. The van der Waals surface area contributed by atoms with E-state index in [0.29, 0.717) is 11.5 Å². The minimum Gasteiger partial charge on any atom is -0.466 e. The van der Waals surface area contributed by atoms with Crippen LogP contribution in [0.5, 0.6) is 0 Å². The van der Waals surface area contributed by atoms with Gasteiger partial charge in [0.2, 0.25) is 0 Å². The van der Waals surface area contributed by atoms with Crippen LogP contribution in [0.15, 0.2) is 43.0 Å². The zero-order valence-electron chi connectivity index (χ0n) is 21.8. The van der Waals surface area contributed by atoms with Crippen molar-refractivity contribution < 1.29 is 27.5 Å². The Balaban J connectivity index is 1.53. The Kier molecular flexibility index (Phi) is 9.61. The SMILES string of the molecule is CCOC(=O)Cc1cncnc1C#Cc1nc(Cc2ccc(C3CCN([B]C=O)CC3)cc2)ncc1C(F)(F)F. The maximum Gasteiger partial charge on any atom is 0.420 e. The lowest BCUT2D eigenvalue weighted by molar-refractivity contribution is -0.142. The van der Waals surface area contributed by atoms with Crippen molar-refractivity contribution in [3.8, 4) is 11.8 Å². The van der Waals surface area contributed by atoms with Crippen LogP contribution in [0.3, 0.4) is 0 Å². The van der Waals surface area contributed by atoms with Crippen LogP contribution in [-0.2, 0) is 33.3 Å². The molecule has 2 aromatic heterocycles. The van der Waals surface area contributed by atoms with Gasteiger partial charge in [-0.25, -0.2) is 19.9 Å². The molecule has 1 saturated heterocycles. The summed E-state index contributed by atoms with van der Waals surface area (Å²) in [5, 5.41) is 0. The van der Waals surface area contributed by atoms with Gasteiger partial charge in [-0.1, -0.05) is 24.3 Å². The lowest BCUT2D eigenvalue weighted by Gasteiger charge is -2.30. The highest BCUT2D eigenvalue weighted by atomic mass is 19.4. The van der Waals surface area contributed by atoms with E-state index in [2.05, 4.69) is 31.8 Å². The van der Waals surface area contributed by atoms with Crippen molar-refractivity contribution in [2.45, 2.75) is 44.7 Å². The summed E-state index contributed by atoms with van der Waals surface area (Å²) in [4.78, 5) is 40.5. The van der Waals surface area contributed by atoms with E-state index in [1.54, 1.807) is 14.3 Å². The summed E-state index contributed by atoms with van der Waals surface area (Å²) in [6.45, 7) is 3.48. The minimum absolute atomic E-state index is 0.113. The molecule has 3 heterocycles. The van der Waals surface area contributed by atoms with Crippen molar-refractivity contribution in [3.05, 3.63) is 82.5 Å². The number of hydrogen-bond acceptors (Lipinski definition) is 8. The number of aromatic nitrogens is 4. The molecule has 1 aliphatic heterocycles. The Morgan fingerprint density at radius 2 is 1.85 bits per heavy atom. The Morgan fingerprint density at radius 3 is 2.52 bits per heavy atom. The largest absolute Gasteiger partial charge is 0.466 e. The molecule has 0 aliphatic carbocycles. The topological polar surface area (TPSA) is 98.2 Å².